The van der Waals surface area contributed by atoms with Crippen LogP contribution in [0.1, 0.15) is 31.2 Å². The molecule has 2 nitrogen and oxygen atoms in total. The molecule has 0 N–H and O–H groups in total. The van der Waals surface area contributed by atoms with Crippen molar-refractivity contribution < 1.29 is 4.42 Å². The second-order valence-corrected chi connectivity index (χ2v) is 3.33. The quantitative estimate of drug-likeness (QED) is 0.586. The second-order valence-electron chi connectivity index (χ2n) is 3.33. The fourth-order valence-electron chi connectivity index (χ4n) is 1.39. The van der Waals surface area contributed by atoms with Crippen molar-refractivity contribution in [3.05, 3.63) is 29.3 Å². The summed E-state index contributed by atoms with van der Waals surface area (Å²) in [6.07, 6.45) is 4.21. The van der Waals surface area contributed by atoms with E-state index in [-0.39, 0.29) is 0 Å². The molecule has 0 bridgehead atoms. The number of rotatable bonds is 0. The van der Waals surface area contributed by atoms with Gasteiger partial charge in [0, 0.05) is 13.3 Å². The molecule has 1 heterocycles. The number of aromatic nitrogens is 1. The van der Waals surface area contributed by atoms with Crippen LogP contribution in [0.15, 0.2) is 9.99 Å². The Morgan fingerprint density at radius 1 is 1.42 bits per heavy atom. The van der Waals surface area contributed by atoms with E-state index in [1.807, 2.05) is 6.92 Å². The minimum atomic E-state index is 0.477. The number of oxazole rings is 1. The van der Waals surface area contributed by atoms with Crippen LogP contribution in [0.25, 0.3) is 6.08 Å². The molecular weight excluding hydrogens is 150 g/mol. The van der Waals surface area contributed by atoms with Crippen molar-refractivity contribution >= 4 is 6.08 Å². The third-order valence-corrected chi connectivity index (χ3v) is 2.27. The standard InChI is InChI=1S/C10H12NO/c1-6-4-9-10(5-7(6)2)12-8(3)11-9/h4-5,7H,1-3H3. The highest BCUT2D eigenvalue weighted by atomic mass is 16.4. The van der Waals surface area contributed by atoms with E-state index >= 15 is 0 Å². The van der Waals surface area contributed by atoms with Crippen molar-refractivity contribution in [2.24, 2.45) is 5.92 Å². The van der Waals surface area contributed by atoms with Gasteiger partial charge in [0.2, 0.25) is 0 Å². The Morgan fingerprint density at radius 3 is 2.92 bits per heavy atom. The van der Waals surface area contributed by atoms with Crippen molar-refractivity contribution in [1.29, 1.82) is 0 Å². The van der Waals surface area contributed by atoms with Crippen LogP contribution < -0.4 is 0 Å². The lowest BCUT2D eigenvalue weighted by Crippen LogP contribution is -2.03. The summed E-state index contributed by atoms with van der Waals surface area (Å²) >= 11 is 0. The van der Waals surface area contributed by atoms with Gasteiger partial charge in [0.15, 0.2) is 5.89 Å². The Balaban J connectivity index is 2.48. The molecule has 1 unspecified atom stereocenters. The topological polar surface area (TPSA) is 26.0 Å². The van der Waals surface area contributed by atoms with E-state index < -0.39 is 0 Å². The second kappa shape index (κ2) is 2.47. The molecule has 1 aliphatic rings. The highest BCUT2D eigenvalue weighted by Gasteiger charge is 2.19. The third-order valence-electron chi connectivity index (χ3n) is 2.27. The molecule has 2 heteroatoms. The molecule has 2 rings (SSSR count). The molecule has 0 spiro atoms. The summed E-state index contributed by atoms with van der Waals surface area (Å²) in [5.41, 5.74) is 2.32. The predicted molar refractivity (Wildman–Crippen MR) is 47.5 cm³/mol. The monoisotopic (exact) mass is 162 g/mol. The SMILES string of the molecule is CC1=Cc2nc(C)oc2[CH]C1C. The van der Waals surface area contributed by atoms with Gasteiger partial charge in [-0.3, -0.25) is 0 Å². The van der Waals surface area contributed by atoms with E-state index in [1.54, 1.807) is 0 Å². The van der Waals surface area contributed by atoms with Gasteiger partial charge < -0.3 is 4.42 Å². The Bertz CT molecular complexity index is 336. The van der Waals surface area contributed by atoms with Crippen molar-refractivity contribution in [2.75, 3.05) is 0 Å². The molecule has 0 amide bonds. The minimum Gasteiger partial charge on any atom is -0.445 e. The fraction of sp³-hybridized carbons (Fsp3) is 0.400. The molecule has 0 saturated carbocycles. The summed E-state index contributed by atoms with van der Waals surface area (Å²) in [6.45, 7) is 6.15. The zero-order chi connectivity index (χ0) is 8.72. The molecule has 63 valence electrons. The van der Waals surface area contributed by atoms with Crippen LogP contribution in [-0.2, 0) is 0 Å². The van der Waals surface area contributed by atoms with Crippen molar-refractivity contribution in [2.45, 2.75) is 20.8 Å². The van der Waals surface area contributed by atoms with Gasteiger partial charge in [0.1, 0.15) is 11.5 Å². The molecule has 12 heavy (non-hydrogen) atoms. The summed E-state index contributed by atoms with van der Waals surface area (Å²) in [6, 6.07) is 0. The molecular formula is C10H12NO. The van der Waals surface area contributed by atoms with Gasteiger partial charge >= 0.3 is 0 Å². The van der Waals surface area contributed by atoms with Crippen LogP contribution in [0.3, 0.4) is 0 Å². The first-order valence-electron chi connectivity index (χ1n) is 4.17. The molecule has 0 saturated heterocycles. The number of allylic oxidation sites excluding steroid dienone is 1. The normalized spacial score (nSPS) is 21.9. The van der Waals surface area contributed by atoms with E-state index in [1.165, 1.54) is 5.57 Å². The van der Waals surface area contributed by atoms with Crippen LogP contribution in [0.4, 0.5) is 0 Å². The van der Waals surface area contributed by atoms with Crippen molar-refractivity contribution in [3.63, 3.8) is 0 Å². The lowest BCUT2D eigenvalue weighted by Gasteiger charge is -2.14. The van der Waals surface area contributed by atoms with Crippen LogP contribution in [0, 0.1) is 19.3 Å². The number of hydrogen-bond donors (Lipinski definition) is 0. The zero-order valence-electron chi connectivity index (χ0n) is 7.59. The van der Waals surface area contributed by atoms with E-state index in [4.69, 9.17) is 4.42 Å². The molecule has 1 atom stereocenters. The summed E-state index contributed by atoms with van der Waals surface area (Å²) < 4.78 is 5.41. The van der Waals surface area contributed by atoms with Crippen LogP contribution in [0.2, 0.25) is 0 Å². The Kier molecular flexibility index (Phi) is 1.56. The smallest absolute Gasteiger partial charge is 0.191 e. The number of fused-ring (bicyclic) bond motifs is 1. The van der Waals surface area contributed by atoms with Crippen LogP contribution >= 0.6 is 0 Å². The van der Waals surface area contributed by atoms with Crippen molar-refractivity contribution in [3.8, 4) is 0 Å². The molecule has 0 fully saturated rings. The average molecular weight is 162 g/mol. The van der Waals surface area contributed by atoms with Gasteiger partial charge in [-0.25, -0.2) is 4.98 Å². The predicted octanol–water partition coefficient (Wildman–Crippen LogP) is 2.59. The van der Waals surface area contributed by atoms with Gasteiger partial charge in [-0.05, 0) is 18.9 Å². The van der Waals surface area contributed by atoms with Gasteiger partial charge in [0.25, 0.3) is 0 Å². The maximum atomic E-state index is 5.41. The first-order chi connectivity index (χ1) is 5.66. The molecule has 1 aromatic rings. The van der Waals surface area contributed by atoms with E-state index in [0.29, 0.717) is 5.92 Å². The average Bonchev–Trinajstić information content (AvgIpc) is 2.30. The summed E-state index contributed by atoms with van der Waals surface area (Å²) in [5.74, 6) is 2.14. The third kappa shape index (κ3) is 1.07. The van der Waals surface area contributed by atoms with Crippen molar-refractivity contribution in [1.82, 2.24) is 4.98 Å². The maximum absolute atomic E-state index is 5.41. The lowest BCUT2D eigenvalue weighted by molar-refractivity contribution is 0.488. The van der Waals surface area contributed by atoms with E-state index in [0.717, 1.165) is 17.3 Å². The van der Waals surface area contributed by atoms with E-state index in [2.05, 4.69) is 31.3 Å². The highest BCUT2D eigenvalue weighted by Crippen LogP contribution is 2.29. The number of nitrogens with zero attached hydrogens (tertiary/aromatic N) is 1. The number of aryl methyl sites for hydroxylation is 1. The largest absolute Gasteiger partial charge is 0.445 e. The molecule has 0 aliphatic heterocycles. The molecule has 0 aromatic carbocycles. The van der Waals surface area contributed by atoms with Gasteiger partial charge in [0.05, 0.1) is 0 Å². The first-order valence-corrected chi connectivity index (χ1v) is 4.17. The molecule has 1 radical (unpaired) electrons. The number of hydrogen-bond acceptors (Lipinski definition) is 2. The Hall–Kier alpha value is -1.05. The van der Waals surface area contributed by atoms with Gasteiger partial charge in [-0.1, -0.05) is 12.5 Å². The van der Waals surface area contributed by atoms with Crippen LogP contribution in [-0.4, -0.2) is 4.98 Å². The minimum absolute atomic E-state index is 0.477. The highest BCUT2D eigenvalue weighted by molar-refractivity contribution is 5.57. The Labute approximate surface area is 72.3 Å². The molecule has 1 aliphatic carbocycles. The van der Waals surface area contributed by atoms with Crippen LogP contribution in [0.5, 0.6) is 0 Å². The fourth-order valence-corrected chi connectivity index (χ4v) is 1.39. The Morgan fingerprint density at radius 2 is 2.17 bits per heavy atom. The zero-order valence-corrected chi connectivity index (χ0v) is 7.59. The van der Waals surface area contributed by atoms with Gasteiger partial charge in [-0.2, -0.15) is 0 Å². The van der Waals surface area contributed by atoms with E-state index in [9.17, 15) is 0 Å². The summed E-state index contributed by atoms with van der Waals surface area (Å²) in [7, 11) is 0. The summed E-state index contributed by atoms with van der Waals surface area (Å²) in [4.78, 5) is 4.26. The lowest BCUT2D eigenvalue weighted by atomic mass is 9.91. The first kappa shape index (κ1) is 7.59. The molecule has 1 aromatic heterocycles. The van der Waals surface area contributed by atoms with Gasteiger partial charge in [-0.15, -0.1) is 0 Å². The summed E-state index contributed by atoms with van der Waals surface area (Å²) in [5, 5.41) is 0. The maximum Gasteiger partial charge on any atom is 0.191 e.